The first-order chi connectivity index (χ1) is 7.85. The molecule has 0 amide bonds. The summed E-state index contributed by atoms with van der Waals surface area (Å²) >= 11 is 0. The molecule has 1 N–H and O–H groups in total. The van der Waals surface area contributed by atoms with E-state index < -0.39 is 18.2 Å². The van der Waals surface area contributed by atoms with Crippen molar-refractivity contribution in [1.82, 2.24) is 0 Å². The highest BCUT2D eigenvalue weighted by Gasteiger charge is 2.36. The van der Waals surface area contributed by atoms with Crippen LogP contribution in [0.2, 0.25) is 0 Å². The monoisotopic (exact) mass is 246 g/mol. The first-order valence-electron chi connectivity index (χ1n) is 5.42. The fourth-order valence-electron chi connectivity index (χ4n) is 1.80. The lowest BCUT2D eigenvalue weighted by Crippen LogP contribution is -2.38. The van der Waals surface area contributed by atoms with Crippen molar-refractivity contribution in [2.75, 3.05) is 0 Å². The quantitative estimate of drug-likeness (QED) is 0.811. The van der Waals surface area contributed by atoms with Crippen LogP contribution in [0.15, 0.2) is 23.8 Å². The molecule has 1 rings (SSSR count). The normalized spacial score (nSPS) is 24.2. The Balaban J connectivity index is 2.78. The molecule has 3 nitrogen and oxygen atoms in total. The lowest BCUT2D eigenvalue weighted by molar-refractivity contribution is -0.204. The third-order valence-electron chi connectivity index (χ3n) is 2.90. The molecule has 0 spiro atoms. The lowest BCUT2D eigenvalue weighted by atomic mass is 9.82. The van der Waals surface area contributed by atoms with Gasteiger partial charge in [-0.1, -0.05) is 32.1 Å². The highest BCUT2D eigenvalue weighted by molar-refractivity contribution is 5.71. The second-order valence-corrected chi connectivity index (χ2v) is 4.38. The van der Waals surface area contributed by atoms with Crippen molar-refractivity contribution in [3.05, 3.63) is 23.8 Å². The summed E-state index contributed by atoms with van der Waals surface area (Å²) in [5, 5.41) is 8.62. The van der Waals surface area contributed by atoms with Gasteiger partial charge in [0.2, 0.25) is 0 Å². The Hall–Kier alpha value is -1.23. The maximum atomic E-state index is 12.4. The molecule has 0 radical (unpaired) electrons. The zero-order valence-corrected chi connectivity index (χ0v) is 9.82. The zero-order chi connectivity index (χ0) is 13.1. The Kier molecular flexibility index (Phi) is 4.40. The first kappa shape index (κ1) is 13.8. The standard InChI is InChI=1S/C12H16F2O3/c1-8(2)12(17-11(13)14)5-3-9(4-6-12)7-10(15)16/h3-5,8,11H,6-7H2,1-2H3,(H,15,16). The summed E-state index contributed by atoms with van der Waals surface area (Å²) in [6, 6.07) is 0. The maximum absolute atomic E-state index is 12.4. The molecule has 1 aliphatic rings. The number of hydrogen-bond acceptors (Lipinski definition) is 2. The third-order valence-corrected chi connectivity index (χ3v) is 2.90. The van der Waals surface area contributed by atoms with Gasteiger partial charge in [0.05, 0.1) is 12.0 Å². The smallest absolute Gasteiger partial charge is 0.346 e. The summed E-state index contributed by atoms with van der Waals surface area (Å²) in [4.78, 5) is 10.5. The van der Waals surface area contributed by atoms with E-state index in [1.54, 1.807) is 32.1 Å². The van der Waals surface area contributed by atoms with E-state index in [1.807, 2.05) is 0 Å². The summed E-state index contributed by atoms with van der Waals surface area (Å²) in [5.74, 6) is -1.05. The van der Waals surface area contributed by atoms with Gasteiger partial charge >= 0.3 is 12.6 Å². The van der Waals surface area contributed by atoms with E-state index in [-0.39, 0.29) is 18.8 Å². The number of carboxylic acids is 1. The van der Waals surface area contributed by atoms with Crippen LogP contribution < -0.4 is 0 Å². The minimum absolute atomic E-state index is 0.0979. The number of rotatable bonds is 5. The number of hydrogen-bond donors (Lipinski definition) is 1. The van der Waals surface area contributed by atoms with E-state index in [2.05, 4.69) is 4.74 Å². The molecule has 0 aromatic heterocycles. The van der Waals surface area contributed by atoms with Crippen LogP contribution in [0.1, 0.15) is 26.7 Å². The van der Waals surface area contributed by atoms with Crippen molar-refractivity contribution < 1.29 is 23.4 Å². The van der Waals surface area contributed by atoms with Gasteiger partial charge in [0.15, 0.2) is 0 Å². The van der Waals surface area contributed by atoms with Crippen LogP contribution in [-0.2, 0) is 9.53 Å². The topological polar surface area (TPSA) is 46.5 Å². The van der Waals surface area contributed by atoms with Crippen LogP contribution in [0, 0.1) is 5.92 Å². The minimum Gasteiger partial charge on any atom is -0.481 e. The Morgan fingerprint density at radius 1 is 1.59 bits per heavy atom. The molecule has 17 heavy (non-hydrogen) atoms. The summed E-state index contributed by atoms with van der Waals surface area (Å²) in [6.07, 6.45) is 4.92. The third kappa shape index (κ3) is 3.63. The number of halogens is 2. The second-order valence-electron chi connectivity index (χ2n) is 4.38. The van der Waals surface area contributed by atoms with Crippen LogP contribution in [0.5, 0.6) is 0 Å². The van der Waals surface area contributed by atoms with Gasteiger partial charge in [-0.25, -0.2) is 0 Å². The second kappa shape index (κ2) is 5.40. The van der Waals surface area contributed by atoms with Crippen LogP contribution in [0.4, 0.5) is 8.78 Å². The van der Waals surface area contributed by atoms with E-state index in [4.69, 9.17) is 5.11 Å². The van der Waals surface area contributed by atoms with Gasteiger partial charge in [-0.2, -0.15) is 8.78 Å². The summed E-state index contributed by atoms with van der Waals surface area (Å²) < 4.78 is 29.4. The molecule has 0 bridgehead atoms. The van der Waals surface area contributed by atoms with Gasteiger partial charge in [-0.05, 0) is 17.9 Å². The Labute approximate surface area is 98.8 Å². The Bertz CT molecular complexity index is 348. The number of allylic oxidation sites excluding steroid dienone is 1. The molecule has 5 heteroatoms. The average Bonchev–Trinajstić information content (AvgIpc) is 2.19. The van der Waals surface area contributed by atoms with E-state index in [9.17, 15) is 13.6 Å². The van der Waals surface area contributed by atoms with Crippen LogP contribution in [-0.4, -0.2) is 23.3 Å². The highest BCUT2D eigenvalue weighted by Crippen LogP contribution is 2.34. The van der Waals surface area contributed by atoms with Gasteiger partial charge in [0.1, 0.15) is 0 Å². The molecular formula is C12H16F2O3. The molecule has 1 aliphatic carbocycles. The van der Waals surface area contributed by atoms with E-state index in [0.29, 0.717) is 5.57 Å². The largest absolute Gasteiger partial charge is 0.481 e. The summed E-state index contributed by atoms with van der Waals surface area (Å²) in [6.45, 7) is 0.752. The van der Waals surface area contributed by atoms with Crippen LogP contribution in [0.25, 0.3) is 0 Å². The first-order valence-corrected chi connectivity index (χ1v) is 5.42. The number of carboxylic acid groups (broad SMARTS) is 1. The molecule has 0 saturated carbocycles. The lowest BCUT2D eigenvalue weighted by Gasteiger charge is -2.35. The van der Waals surface area contributed by atoms with Crippen molar-refractivity contribution in [2.24, 2.45) is 5.92 Å². The van der Waals surface area contributed by atoms with E-state index >= 15 is 0 Å². The SMILES string of the molecule is CC(C)C1(OC(F)F)C=CC(CC(=O)O)=CC1. The minimum atomic E-state index is -2.84. The van der Waals surface area contributed by atoms with Gasteiger partial charge < -0.3 is 9.84 Å². The zero-order valence-electron chi connectivity index (χ0n) is 9.82. The molecular weight excluding hydrogens is 230 g/mol. The fourth-order valence-corrected chi connectivity index (χ4v) is 1.80. The Morgan fingerprint density at radius 3 is 2.59 bits per heavy atom. The van der Waals surface area contributed by atoms with Crippen LogP contribution >= 0.6 is 0 Å². The van der Waals surface area contributed by atoms with E-state index in [0.717, 1.165) is 0 Å². The predicted molar refractivity (Wildman–Crippen MR) is 58.8 cm³/mol. The molecule has 0 fully saturated rings. The maximum Gasteiger partial charge on any atom is 0.346 e. The van der Waals surface area contributed by atoms with Gasteiger partial charge in [0.25, 0.3) is 0 Å². The molecule has 1 unspecified atom stereocenters. The van der Waals surface area contributed by atoms with Crippen molar-refractivity contribution in [1.29, 1.82) is 0 Å². The predicted octanol–water partition coefficient (Wildman–Crippen LogP) is 2.98. The van der Waals surface area contributed by atoms with Crippen LogP contribution in [0.3, 0.4) is 0 Å². The summed E-state index contributed by atoms with van der Waals surface area (Å²) in [7, 11) is 0. The van der Waals surface area contributed by atoms with Gasteiger partial charge in [-0.15, -0.1) is 0 Å². The highest BCUT2D eigenvalue weighted by atomic mass is 19.3. The number of alkyl halides is 2. The molecule has 0 heterocycles. The van der Waals surface area contributed by atoms with E-state index in [1.165, 1.54) is 0 Å². The molecule has 96 valence electrons. The van der Waals surface area contributed by atoms with Crippen molar-refractivity contribution in [3.63, 3.8) is 0 Å². The molecule has 0 aliphatic heterocycles. The summed E-state index contributed by atoms with van der Waals surface area (Å²) in [5.41, 5.74) is -0.414. The molecule has 0 saturated heterocycles. The number of ether oxygens (including phenoxy) is 1. The molecule has 1 atom stereocenters. The van der Waals surface area contributed by atoms with Gasteiger partial charge in [0, 0.05) is 0 Å². The van der Waals surface area contributed by atoms with Crippen molar-refractivity contribution in [3.8, 4) is 0 Å². The fraction of sp³-hybridized carbons (Fsp3) is 0.583. The number of carbonyl (C=O) groups is 1. The van der Waals surface area contributed by atoms with Gasteiger partial charge in [-0.3, -0.25) is 4.79 Å². The van der Waals surface area contributed by atoms with Crippen molar-refractivity contribution in [2.45, 2.75) is 38.9 Å². The molecule has 0 aromatic rings. The van der Waals surface area contributed by atoms with Crippen molar-refractivity contribution >= 4 is 5.97 Å². The average molecular weight is 246 g/mol. The number of aliphatic carboxylic acids is 1. The molecule has 0 aromatic carbocycles. The Morgan fingerprint density at radius 2 is 2.24 bits per heavy atom.